The van der Waals surface area contributed by atoms with Crippen molar-refractivity contribution in [3.8, 4) is 0 Å². The second kappa shape index (κ2) is 7.52. The highest BCUT2D eigenvalue weighted by atomic mass is 16.5. The average molecular weight is 267 g/mol. The van der Waals surface area contributed by atoms with Gasteiger partial charge in [-0.1, -0.05) is 0 Å². The lowest BCUT2D eigenvalue weighted by molar-refractivity contribution is -0.121. The SMILES string of the molecule is COCCNC(=O)C(C)Nc1ccnc(N(C)C)n1. The van der Waals surface area contributed by atoms with Crippen molar-refractivity contribution < 1.29 is 9.53 Å². The lowest BCUT2D eigenvalue weighted by Gasteiger charge is -2.16. The average Bonchev–Trinajstić information content (AvgIpc) is 2.39. The summed E-state index contributed by atoms with van der Waals surface area (Å²) in [6.45, 7) is 2.77. The summed E-state index contributed by atoms with van der Waals surface area (Å²) >= 11 is 0. The Bertz CT molecular complexity index is 411. The van der Waals surface area contributed by atoms with Crippen LogP contribution in [0.3, 0.4) is 0 Å². The van der Waals surface area contributed by atoms with Crippen LogP contribution in [0.25, 0.3) is 0 Å². The molecule has 19 heavy (non-hydrogen) atoms. The smallest absolute Gasteiger partial charge is 0.242 e. The van der Waals surface area contributed by atoms with E-state index in [4.69, 9.17) is 4.74 Å². The van der Waals surface area contributed by atoms with Crippen LogP contribution in [0, 0.1) is 0 Å². The standard InChI is InChI=1S/C12H21N5O2/c1-9(11(18)13-7-8-19-4)15-10-5-6-14-12(16-10)17(2)3/h5-6,9H,7-8H2,1-4H3,(H,13,18)(H,14,15,16). The fraction of sp³-hybridized carbons (Fsp3) is 0.583. The van der Waals surface area contributed by atoms with E-state index in [9.17, 15) is 4.79 Å². The van der Waals surface area contributed by atoms with Crippen molar-refractivity contribution >= 4 is 17.7 Å². The molecule has 0 bridgehead atoms. The van der Waals surface area contributed by atoms with Gasteiger partial charge in [0.2, 0.25) is 11.9 Å². The second-order valence-electron chi connectivity index (χ2n) is 4.29. The molecule has 0 spiro atoms. The summed E-state index contributed by atoms with van der Waals surface area (Å²) in [5.74, 6) is 1.12. The Morgan fingerprint density at radius 2 is 2.26 bits per heavy atom. The van der Waals surface area contributed by atoms with E-state index in [-0.39, 0.29) is 11.9 Å². The van der Waals surface area contributed by atoms with Crippen molar-refractivity contribution in [1.29, 1.82) is 0 Å². The normalized spacial score (nSPS) is 11.8. The zero-order valence-corrected chi connectivity index (χ0v) is 11.8. The summed E-state index contributed by atoms with van der Waals surface area (Å²) in [5, 5.41) is 5.79. The summed E-state index contributed by atoms with van der Waals surface area (Å²) in [7, 11) is 5.32. The number of anilines is 2. The van der Waals surface area contributed by atoms with E-state index in [0.29, 0.717) is 24.9 Å². The third-order valence-corrected chi connectivity index (χ3v) is 2.41. The monoisotopic (exact) mass is 267 g/mol. The Balaban J connectivity index is 2.53. The lowest BCUT2D eigenvalue weighted by atomic mass is 10.3. The topological polar surface area (TPSA) is 79.4 Å². The highest BCUT2D eigenvalue weighted by Gasteiger charge is 2.12. The maximum atomic E-state index is 11.8. The number of nitrogens with zero attached hydrogens (tertiary/aromatic N) is 3. The van der Waals surface area contributed by atoms with Crippen LogP contribution in [-0.4, -0.2) is 56.3 Å². The van der Waals surface area contributed by atoms with Crippen LogP contribution in [-0.2, 0) is 9.53 Å². The molecule has 1 unspecified atom stereocenters. The molecule has 0 saturated carbocycles. The van der Waals surface area contributed by atoms with Crippen molar-refractivity contribution in [1.82, 2.24) is 15.3 Å². The van der Waals surface area contributed by atoms with Crippen molar-refractivity contribution in [2.75, 3.05) is 44.6 Å². The maximum absolute atomic E-state index is 11.8. The number of carbonyl (C=O) groups excluding carboxylic acids is 1. The molecule has 0 fully saturated rings. The predicted octanol–water partition coefficient (Wildman–Crippen LogP) is 0.106. The molecule has 0 aliphatic carbocycles. The molecule has 1 amide bonds. The van der Waals surface area contributed by atoms with Gasteiger partial charge in [-0.25, -0.2) is 4.98 Å². The zero-order valence-electron chi connectivity index (χ0n) is 11.8. The van der Waals surface area contributed by atoms with Gasteiger partial charge in [0.05, 0.1) is 6.61 Å². The molecule has 0 aliphatic rings. The first-order valence-electron chi connectivity index (χ1n) is 6.08. The van der Waals surface area contributed by atoms with Crippen molar-refractivity contribution in [3.63, 3.8) is 0 Å². The molecule has 1 atom stereocenters. The van der Waals surface area contributed by atoms with E-state index in [1.807, 2.05) is 14.1 Å². The molecule has 0 saturated heterocycles. The highest BCUT2D eigenvalue weighted by molar-refractivity contribution is 5.83. The highest BCUT2D eigenvalue weighted by Crippen LogP contribution is 2.08. The fourth-order valence-corrected chi connectivity index (χ4v) is 1.36. The van der Waals surface area contributed by atoms with Crippen LogP contribution in [0.15, 0.2) is 12.3 Å². The van der Waals surface area contributed by atoms with Gasteiger partial charge in [-0.15, -0.1) is 0 Å². The Labute approximate surface area is 113 Å². The molecule has 1 rings (SSSR count). The summed E-state index contributed by atoms with van der Waals surface area (Å²) in [4.78, 5) is 22.0. The summed E-state index contributed by atoms with van der Waals surface area (Å²) in [6, 6.07) is 1.35. The molecular formula is C12H21N5O2. The van der Waals surface area contributed by atoms with Crippen LogP contribution in [0.1, 0.15) is 6.92 Å². The molecule has 1 aromatic heterocycles. The number of ether oxygens (including phenoxy) is 1. The first-order valence-corrected chi connectivity index (χ1v) is 6.08. The van der Waals surface area contributed by atoms with E-state index in [2.05, 4.69) is 20.6 Å². The summed E-state index contributed by atoms with van der Waals surface area (Å²) < 4.78 is 4.87. The first-order chi connectivity index (χ1) is 9.04. The molecule has 0 aromatic carbocycles. The minimum atomic E-state index is -0.373. The molecule has 7 heteroatoms. The van der Waals surface area contributed by atoms with E-state index in [1.165, 1.54) is 0 Å². The number of rotatable bonds is 7. The minimum absolute atomic E-state index is 0.0953. The Morgan fingerprint density at radius 3 is 2.89 bits per heavy atom. The molecule has 7 nitrogen and oxygen atoms in total. The quantitative estimate of drug-likeness (QED) is 0.682. The second-order valence-corrected chi connectivity index (χ2v) is 4.29. The molecule has 1 aromatic rings. The number of nitrogens with one attached hydrogen (secondary N) is 2. The van der Waals surface area contributed by atoms with Crippen molar-refractivity contribution in [2.24, 2.45) is 0 Å². The van der Waals surface area contributed by atoms with Crippen LogP contribution < -0.4 is 15.5 Å². The fourth-order valence-electron chi connectivity index (χ4n) is 1.36. The predicted molar refractivity (Wildman–Crippen MR) is 74.3 cm³/mol. The van der Waals surface area contributed by atoms with Crippen molar-refractivity contribution in [2.45, 2.75) is 13.0 Å². The van der Waals surface area contributed by atoms with Gasteiger partial charge < -0.3 is 20.3 Å². The Kier molecular flexibility index (Phi) is 6.01. The number of carbonyl (C=O) groups is 1. The van der Waals surface area contributed by atoms with E-state index in [0.717, 1.165) is 0 Å². The van der Waals surface area contributed by atoms with Crippen LogP contribution in [0.4, 0.5) is 11.8 Å². The molecule has 106 valence electrons. The maximum Gasteiger partial charge on any atom is 0.242 e. The van der Waals surface area contributed by atoms with Gasteiger partial charge in [-0.05, 0) is 13.0 Å². The number of hydrogen-bond acceptors (Lipinski definition) is 6. The number of amides is 1. The van der Waals surface area contributed by atoms with Gasteiger partial charge in [0, 0.05) is 33.9 Å². The van der Waals surface area contributed by atoms with E-state index in [1.54, 1.807) is 31.2 Å². The number of methoxy groups -OCH3 is 1. The number of hydrogen-bond donors (Lipinski definition) is 2. The third-order valence-electron chi connectivity index (χ3n) is 2.41. The van der Waals surface area contributed by atoms with Gasteiger partial charge in [-0.2, -0.15) is 4.98 Å². The van der Waals surface area contributed by atoms with Crippen LogP contribution in [0.5, 0.6) is 0 Å². The molecule has 2 N–H and O–H groups in total. The van der Waals surface area contributed by atoms with Gasteiger partial charge in [0.25, 0.3) is 0 Å². The number of aromatic nitrogens is 2. The van der Waals surface area contributed by atoms with Crippen LogP contribution in [0.2, 0.25) is 0 Å². The lowest BCUT2D eigenvalue weighted by Crippen LogP contribution is -2.39. The first kappa shape index (κ1) is 15.2. The Morgan fingerprint density at radius 1 is 1.53 bits per heavy atom. The van der Waals surface area contributed by atoms with E-state index >= 15 is 0 Å². The third kappa shape index (κ3) is 5.09. The molecule has 1 heterocycles. The largest absolute Gasteiger partial charge is 0.383 e. The van der Waals surface area contributed by atoms with Gasteiger partial charge in [0.15, 0.2) is 0 Å². The van der Waals surface area contributed by atoms with Gasteiger partial charge in [0.1, 0.15) is 11.9 Å². The van der Waals surface area contributed by atoms with Gasteiger partial charge >= 0.3 is 0 Å². The van der Waals surface area contributed by atoms with Gasteiger partial charge in [-0.3, -0.25) is 4.79 Å². The molecule has 0 aliphatic heterocycles. The summed E-state index contributed by atoms with van der Waals surface area (Å²) in [5.41, 5.74) is 0. The zero-order chi connectivity index (χ0) is 14.3. The van der Waals surface area contributed by atoms with Crippen LogP contribution >= 0.6 is 0 Å². The van der Waals surface area contributed by atoms with Crippen molar-refractivity contribution in [3.05, 3.63) is 12.3 Å². The molecule has 0 radical (unpaired) electrons. The molecular weight excluding hydrogens is 246 g/mol. The van der Waals surface area contributed by atoms with E-state index < -0.39 is 0 Å². The summed E-state index contributed by atoms with van der Waals surface area (Å²) in [6.07, 6.45) is 1.65. The minimum Gasteiger partial charge on any atom is -0.383 e. The Hall–Kier alpha value is -1.89.